The van der Waals surface area contributed by atoms with Crippen LogP contribution in [0.1, 0.15) is 5.56 Å². The number of carboxylic acids is 1. The van der Waals surface area contributed by atoms with Crippen LogP contribution in [0.3, 0.4) is 0 Å². The fourth-order valence-electron chi connectivity index (χ4n) is 1.86. The van der Waals surface area contributed by atoms with Gasteiger partial charge in [0, 0.05) is 11.5 Å². The Kier molecular flexibility index (Phi) is 7.16. The molecule has 1 heterocycles. The molecule has 0 atom stereocenters. The molecule has 0 saturated carbocycles. The van der Waals surface area contributed by atoms with Crippen LogP contribution in [0.2, 0.25) is 0 Å². The van der Waals surface area contributed by atoms with E-state index in [2.05, 4.69) is 14.7 Å². The van der Waals surface area contributed by atoms with Gasteiger partial charge in [0.15, 0.2) is 18.1 Å². The van der Waals surface area contributed by atoms with Crippen LogP contribution in [-0.2, 0) is 9.59 Å². The van der Waals surface area contributed by atoms with Crippen molar-refractivity contribution in [1.82, 2.24) is 9.36 Å². The number of amides is 1. The van der Waals surface area contributed by atoms with Crippen molar-refractivity contribution in [2.45, 2.75) is 5.16 Å². The molecule has 140 valence electrons. The number of rotatable bonds is 8. The molecule has 27 heavy (non-hydrogen) atoms. The number of ether oxygens (including phenoxy) is 2. The zero-order valence-electron chi connectivity index (χ0n) is 14.3. The van der Waals surface area contributed by atoms with Gasteiger partial charge in [-0.2, -0.15) is 14.6 Å². The van der Waals surface area contributed by atoms with Crippen molar-refractivity contribution < 1.29 is 24.2 Å². The summed E-state index contributed by atoms with van der Waals surface area (Å²) < 4.78 is 14.3. The molecule has 1 amide bonds. The second-order valence-corrected chi connectivity index (χ2v) is 6.33. The first-order valence-corrected chi connectivity index (χ1v) is 9.30. The van der Waals surface area contributed by atoms with Crippen LogP contribution >= 0.6 is 23.3 Å². The molecular weight excluding hydrogens is 392 g/mol. The van der Waals surface area contributed by atoms with Crippen molar-refractivity contribution in [3.63, 3.8) is 0 Å². The predicted octanol–water partition coefficient (Wildman–Crippen LogP) is 2.28. The largest absolute Gasteiger partial charge is 0.493 e. The Bertz CT molecular complexity index is 920. The molecule has 0 bridgehead atoms. The number of carboxylic acid groups (broad SMARTS) is 1. The summed E-state index contributed by atoms with van der Waals surface area (Å²) in [7, 11) is 1.40. The number of carbonyl (C=O) groups is 2. The summed E-state index contributed by atoms with van der Waals surface area (Å²) in [6.07, 6.45) is 3.18. The average molecular weight is 406 g/mol. The summed E-state index contributed by atoms with van der Waals surface area (Å²) in [4.78, 5) is 26.9. The molecule has 2 rings (SSSR count). The summed E-state index contributed by atoms with van der Waals surface area (Å²) in [5.74, 6) is -1.23. The maximum atomic E-state index is 12.3. The number of nitrogens with zero attached hydrogens (tertiary/aromatic N) is 3. The zero-order valence-corrected chi connectivity index (χ0v) is 15.9. The number of aliphatic carboxylic acids is 1. The van der Waals surface area contributed by atoms with Gasteiger partial charge in [0.1, 0.15) is 11.6 Å². The van der Waals surface area contributed by atoms with E-state index in [0.29, 0.717) is 15.9 Å². The van der Waals surface area contributed by atoms with E-state index in [1.165, 1.54) is 37.1 Å². The Hall–Kier alpha value is -3.10. The molecule has 1 aromatic carbocycles. The highest BCUT2D eigenvalue weighted by Gasteiger charge is 2.14. The lowest BCUT2D eigenvalue weighted by molar-refractivity contribution is -0.139. The van der Waals surface area contributed by atoms with Crippen molar-refractivity contribution in [1.29, 1.82) is 5.26 Å². The molecular formula is C16H14N4O5S2. The molecule has 0 fully saturated rings. The van der Waals surface area contributed by atoms with Crippen molar-refractivity contribution in [2.75, 3.05) is 25.3 Å². The van der Waals surface area contributed by atoms with Crippen LogP contribution in [-0.4, -0.2) is 46.3 Å². The van der Waals surface area contributed by atoms with E-state index < -0.39 is 18.5 Å². The number of nitriles is 1. The first-order chi connectivity index (χ1) is 13.0. The minimum absolute atomic E-state index is 0.142. The number of hydrogen-bond acceptors (Lipinski definition) is 9. The third kappa shape index (κ3) is 5.70. The smallest absolute Gasteiger partial charge is 0.341 e. The van der Waals surface area contributed by atoms with E-state index in [-0.39, 0.29) is 17.1 Å². The normalized spacial score (nSPS) is 10.8. The maximum absolute atomic E-state index is 12.3. The van der Waals surface area contributed by atoms with Crippen molar-refractivity contribution in [2.24, 2.45) is 0 Å². The highest BCUT2D eigenvalue weighted by Crippen LogP contribution is 2.29. The average Bonchev–Trinajstić information content (AvgIpc) is 3.12. The van der Waals surface area contributed by atoms with E-state index in [4.69, 9.17) is 14.6 Å². The number of thioether (sulfide) groups is 1. The fourth-order valence-corrected chi connectivity index (χ4v) is 2.98. The van der Waals surface area contributed by atoms with Crippen LogP contribution in [0.15, 0.2) is 28.9 Å². The van der Waals surface area contributed by atoms with Gasteiger partial charge in [-0.25, -0.2) is 4.79 Å². The van der Waals surface area contributed by atoms with Gasteiger partial charge >= 0.3 is 5.97 Å². The summed E-state index contributed by atoms with van der Waals surface area (Å²) in [5.41, 5.74) is 0.362. The minimum atomic E-state index is -1.12. The Balaban J connectivity index is 2.19. The molecule has 1 aromatic heterocycles. The standard InChI is InChI=1S/C16H14N4O5S2/c1-24-12-6-9(3-4-11(12)25-8-13(21)22)5-10(7-17)14(23)18-15-19-16(26-2)20-27-15/h3-6H,8H2,1-2H3,(H,21,22)(H,18,19,20,23). The molecule has 11 heteroatoms. The van der Waals surface area contributed by atoms with E-state index in [0.717, 1.165) is 11.5 Å². The summed E-state index contributed by atoms with van der Waals surface area (Å²) in [6.45, 7) is -0.517. The molecule has 2 aromatic rings. The second kappa shape index (κ2) is 9.56. The molecule has 0 saturated heterocycles. The Morgan fingerprint density at radius 1 is 1.44 bits per heavy atom. The number of aromatic nitrogens is 2. The van der Waals surface area contributed by atoms with E-state index in [1.807, 2.05) is 12.3 Å². The summed E-state index contributed by atoms with van der Waals surface area (Å²) >= 11 is 2.36. The molecule has 0 aliphatic heterocycles. The SMILES string of the molecule is COc1cc(C=C(C#N)C(=O)Nc2nc(SC)ns2)ccc1OCC(=O)O. The second-order valence-electron chi connectivity index (χ2n) is 4.80. The number of hydrogen-bond donors (Lipinski definition) is 2. The van der Waals surface area contributed by atoms with Crippen molar-refractivity contribution >= 4 is 46.4 Å². The maximum Gasteiger partial charge on any atom is 0.341 e. The van der Waals surface area contributed by atoms with Gasteiger partial charge in [-0.1, -0.05) is 17.8 Å². The first-order valence-electron chi connectivity index (χ1n) is 7.30. The van der Waals surface area contributed by atoms with Gasteiger partial charge in [0.2, 0.25) is 10.3 Å². The van der Waals surface area contributed by atoms with E-state index >= 15 is 0 Å². The van der Waals surface area contributed by atoms with Crippen molar-refractivity contribution in [3.8, 4) is 17.6 Å². The minimum Gasteiger partial charge on any atom is -0.493 e. The van der Waals surface area contributed by atoms with Gasteiger partial charge in [0.25, 0.3) is 5.91 Å². The molecule has 0 aliphatic carbocycles. The summed E-state index contributed by atoms with van der Waals surface area (Å²) in [5, 5.41) is 21.3. The molecule has 0 aliphatic rings. The molecule has 0 unspecified atom stereocenters. The predicted molar refractivity (Wildman–Crippen MR) is 100 cm³/mol. The highest BCUT2D eigenvalue weighted by molar-refractivity contribution is 7.98. The molecule has 0 radical (unpaired) electrons. The van der Waals surface area contributed by atoms with Gasteiger partial charge in [-0.05, 0) is 30.0 Å². The number of nitrogens with one attached hydrogen (secondary N) is 1. The van der Waals surface area contributed by atoms with Gasteiger partial charge < -0.3 is 14.6 Å². The Morgan fingerprint density at radius 2 is 2.22 bits per heavy atom. The van der Waals surface area contributed by atoms with Crippen molar-refractivity contribution in [3.05, 3.63) is 29.3 Å². The number of carbonyl (C=O) groups excluding carboxylic acids is 1. The zero-order chi connectivity index (χ0) is 19.8. The lowest BCUT2D eigenvalue weighted by atomic mass is 10.1. The Labute approximate surface area is 162 Å². The molecule has 0 spiro atoms. The first kappa shape index (κ1) is 20.2. The molecule has 9 nitrogen and oxygen atoms in total. The third-order valence-corrected chi connectivity index (χ3v) is 4.32. The van der Waals surface area contributed by atoms with Crippen LogP contribution < -0.4 is 14.8 Å². The highest BCUT2D eigenvalue weighted by atomic mass is 32.2. The monoisotopic (exact) mass is 406 g/mol. The third-order valence-electron chi connectivity index (χ3n) is 3.03. The number of methoxy groups -OCH3 is 1. The van der Waals surface area contributed by atoms with E-state index in [9.17, 15) is 14.9 Å². The number of benzene rings is 1. The lowest BCUT2D eigenvalue weighted by Crippen LogP contribution is -2.13. The number of anilines is 1. The van der Waals surface area contributed by atoms with Crippen LogP contribution in [0.4, 0.5) is 5.13 Å². The Morgan fingerprint density at radius 3 is 2.81 bits per heavy atom. The van der Waals surface area contributed by atoms with Crippen LogP contribution in [0.5, 0.6) is 11.5 Å². The van der Waals surface area contributed by atoms with E-state index in [1.54, 1.807) is 6.07 Å². The molecule has 2 N–H and O–H groups in total. The quantitative estimate of drug-likeness (QED) is 0.384. The fraction of sp³-hybridized carbons (Fsp3) is 0.188. The topological polar surface area (TPSA) is 134 Å². The van der Waals surface area contributed by atoms with Gasteiger partial charge in [-0.15, -0.1) is 0 Å². The van der Waals surface area contributed by atoms with Gasteiger partial charge in [-0.3, -0.25) is 10.1 Å². The van der Waals surface area contributed by atoms with Crippen LogP contribution in [0, 0.1) is 11.3 Å². The van der Waals surface area contributed by atoms with Gasteiger partial charge in [0.05, 0.1) is 7.11 Å². The lowest BCUT2D eigenvalue weighted by Gasteiger charge is -2.09. The van der Waals surface area contributed by atoms with Crippen LogP contribution in [0.25, 0.3) is 6.08 Å². The summed E-state index contributed by atoms with van der Waals surface area (Å²) in [6, 6.07) is 6.43.